The summed E-state index contributed by atoms with van der Waals surface area (Å²) in [5.74, 6) is 0.805. The Bertz CT molecular complexity index is 421. The first-order valence-corrected chi connectivity index (χ1v) is 6.55. The van der Waals surface area contributed by atoms with Crippen LogP contribution in [0.2, 0.25) is 0 Å². The maximum absolute atomic E-state index is 11.4. The van der Waals surface area contributed by atoms with Gasteiger partial charge in [0.2, 0.25) is 0 Å². The fourth-order valence-electron chi connectivity index (χ4n) is 1.24. The third kappa shape index (κ3) is 2.23. The van der Waals surface area contributed by atoms with Gasteiger partial charge in [0.25, 0.3) is 0 Å². The van der Waals surface area contributed by atoms with Crippen LogP contribution in [0.3, 0.4) is 0 Å². The molecule has 0 aliphatic heterocycles. The van der Waals surface area contributed by atoms with Crippen LogP contribution in [0.5, 0.6) is 0 Å². The van der Waals surface area contributed by atoms with Crippen molar-refractivity contribution < 1.29 is 9.53 Å². The second kappa shape index (κ2) is 4.22. The quantitative estimate of drug-likeness (QED) is 0.572. The van der Waals surface area contributed by atoms with Gasteiger partial charge in [-0.25, -0.2) is 0 Å². The van der Waals surface area contributed by atoms with Crippen molar-refractivity contribution in [2.24, 2.45) is 0 Å². The van der Waals surface area contributed by atoms with Crippen molar-refractivity contribution in [2.45, 2.75) is 18.8 Å². The first kappa shape index (κ1) is 11.1. The van der Waals surface area contributed by atoms with Gasteiger partial charge in [0.05, 0.1) is 0 Å². The van der Waals surface area contributed by atoms with Crippen molar-refractivity contribution in [1.29, 1.82) is 0 Å². The summed E-state index contributed by atoms with van der Waals surface area (Å²) >= 11 is 4.69. The summed E-state index contributed by atoms with van der Waals surface area (Å²) in [7, 11) is 1.36. The topological polar surface area (TPSA) is 52.1 Å². The Hall–Kier alpha value is -0.412. The minimum atomic E-state index is -0.412. The summed E-state index contributed by atoms with van der Waals surface area (Å²) in [6.45, 7) is 0. The van der Waals surface area contributed by atoms with Crippen LogP contribution in [0, 0.1) is 0 Å². The molecule has 1 heterocycles. The van der Waals surface area contributed by atoms with Crippen molar-refractivity contribution in [3.63, 3.8) is 0 Å². The van der Waals surface area contributed by atoms with E-state index in [1.807, 2.05) is 0 Å². The number of carbonyl (C=O) groups is 1. The first-order chi connectivity index (χ1) is 7.13. The molecule has 1 atom stereocenters. The predicted octanol–water partition coefficient (Wildman–Crippen LogP) is 0.161. The van der Waals surface area contributed by atoms with Crippen molar-refractivity contribution in [3.8, 4) is 0 Å². The van der Waals surface area contributed by atoms with E-state index in [0.29, 0.717) is 16.1 Å². The van der Waals surface area contributed by atoms with Crippen LogP contribution in [0.4, 0.5) is 0 Å². The number of methoxy groups -OCH3 is 1. The zero-order valence-electron chi connectivity index (χ0n) is 8.16. The van der Waals surface area contributed by atoms with Crippen LogP contribution in [-0.2, 0) is 4.74 Å². The average molecular weight is 333 g/mol. The second-order valence-corrected chi connectivity index (χ2v) is 5.34. The molecule has 80 valence electrons. The third-order valence-corrected chi connectivity index (χ3v) is 4.76. The van der Waals surface area contributed by atoms with Crippen molar-refractivity contribution in [1.82, 2.24) is 9.97 Å². The second-order valence-electron chi connectivity index (χ2n) is 3.40. The van der Waals surface area contributed by atoms with E-state index < -0.39 is 5.97 Å². The standard InChI is InChI=1S/C9H10AsBrN2O2/c1-15-9(14)6-5(11)7(10)13-8(12-6)4-2-3-4/h4H,2-3,10H2,1H3. The number of ether oxygens (including phenoxy) is 1. The molecule has 6 heteroatoms. The molecule has 0 radical (unpaired) electrons. The summed E-state index contributed by atoms with van der Waals surface area (Å²) in [4.78, 5) is 20.1. The van der Waals surface area contributed by atoms with Gasteiger partial charge in [-0.2, -0.15) is 0 Å². The van der Waals surface area contributed by atoms with E-state index in [0.717, 1.165) is 23.1 Å². The van der Waals surface area contributed by atoms with Gasteiger partial charge >= 0.3 is 105 Å². The molecule has 0 N–H and O–H groups in total. The zero-order valence-corrected chi connectivity index (χ0v) is 12.2. The fraction of sp³-hybridized carbons (Fsp3) is 0.444. The molecule has 1 fully saturated rings. The molecule has 0 saturated heterocycles. The SMILES string of the molecule is COC(=O)c1nc(C2CC2)nc([AsH2])c1Br. The maximum atomic E-state index is 11.4. The molecule has 1 aromatic heterocycles. The Labute approximate surface area is 104 Å². The number of aromatic nitrogens is 2. The van der Waals surface area contributed by atoms with Gasteiger partial charge in [0.15, 0.2) is 0 Å². The summed E-state index contributed by atoms with van der Waals surface area (Å²) in [5.41, 5.74) is 0.341. The van der Waals surface area contributed by atoms with Crippen molar-refractivity contribution in [2.75, 3.05) is 7.11 Å². The molecule has 4 nitrogen and oxygen atoms in total. The van der Waals surface area contributed by atoms with Gasteiger partial charge in [-0.1, -0.05) is 0 Å². The molecule has 0 bridgehead atoms. The minimum absolute atomic E-state index is 0.341. The summed E-state index contributed by atoms with van der Waals surface area (Å²) in [5, 5.41) is 0. The van der Waals surface area contributed by atoms with E-state index in [4.69, 9.17) is 0 Å². The normalized spacial score (nSPS) is 15.1. The van der Waals surface area contributed by atoms with Crippen LogP contribution >= 0.6 is 15.9 Å². The number of nitrogens with zero attached hydrogens (tertiary/aromatic N) is 2. The van der Waals surface area contributed by atoms with Crippen molar-refractivity contribution in [3.05, 3.63) is 16.0 Å². The summed E-state index contributed by atoms with van der Waals surface area (Å²) in [6.07, 6.45) is 2.24. The summed E-state index contributed by atoms with van der Waals surface area (Å²) in [6, 6.07) is 0. The Kier molecular flexibility index (Phi) is 3.12. The van der Waals surface area contributed by atoms with Gasteiger partial charge < -0.3 is 0 Å². The molecule has 15 heavy (non-hydrogen) atoms. The number of carbonyl (C=O) groups excluding carboxylic acids is 1. The number of hydrogen-bond donors (Lipinski definition) is 0. The number of hydrogen-bond acceptors (Lipinski definition) is 4. The Morgan fingerprint density at radius 3 is 2.73 bits per heavy atom. The molecule has 1 aliphatic carbocycles. The molecule has 0 spiro atoms. The van der Waals surface area contributed by atoms with Crippen LogP contribution in [-0.4, -0.2) is 39.9 Å². The van der Waals surface area contributed by atoms with Crippen LogP contribution in [0.1, 0.15) is 35.1 Å². The monoisotopic (exact) mass is 332 g/mol. The average Bonchev–Trinajstić information content (AvgIpc) is 3.04. The van der Waals surface area contributed by atoms with E-state index in [1.54, 1.807) is 0 Å². The Balaban J connectivity index is 2.46. The fourth-order valence-corrected chi connectivity index (χ4v) is 2.14. The Morgan fingerprint density at radius 2 is 2.20 bits per heavy atom. The molecule has 1 aromatic rings. The molecule has 2 rings (SSSR count). The van der Waals surface area contributed by atoms with Gasteiger partial charge in [-0.15, -0.1) is 0 Å². The van der Waals surface area contributed by atoms with E-state index in [-0.39, 0.29) is 0 Å². The van der Waals surface area contributed by atoms with Gasteiger partial charge in [-0.3, -0.25) is 0 Å². The first-order valence-electron chi connectivity index (χ1n) is 4.54. The van der Waals surface area contributed by atoms with E-state index in [2.05, 4.69) is 30.6 Å². The molecular weight excluding hydrogens is 323 g/mol. The van der Waals surface area contributed by atoms with Crippen LogP contribution in [0.15, 0.2) is 4.47 Å². The van der Waals surface area contributed by atoms with Gasteiger partial charge in [-0.05, 0) is 0 Å². The predicted molar refractivity (Wildman–Crippen MR) is 61.2 cm³/mol. The molecular formula is C9H10AsBrN2O2. The van der Waals surface area contributed by atoms with E-state index >= 15 is 0 Å². The number of halogens is 1. The van der Waals surface area contributed by atoms with Gasteiger partial charge in [0.1, 0.15) is 0 Å². The Morgan fingerprint density at radius 1 is 1.53 bits per heavy atom. The molecule has 0 aromatic carbocycles. The molecule has 0 amide bonds. The van der Waals surface area contributed by atoms with Gasteiger partial charge in [0, 0.05) is 0 Å². The molecule has 1 saturated carbocycles. The zero-order chi connectivity index (χ0) is 11.0. The van der Waals surface area contributed by atoms with Crippen LogP contribution < -0.4 is 4.48 Å². The number of esters is 1. The number of rotatable bonds is 2. The van der Waals surface area contributed by atoms with Crippen LogP contribution in [0.25, 0.3) is 0 Å². The van der Waals surface area contributed by atoms with E-state index in [9.17, 15) is 4.79 Å². The van der Waals surface area contributed by atoms with Crippen molar-refractivity contribution >= 4 is 43.2 Å². The van der Waals surface area contributed by atoms with E-state index in [1.165, 1.54) is 24.0 Å². The molecule has 1 unspecified atom stereocenters. The summed E-state index contributed by atoms with van der Waals surface area (Å²) < 4.78 is 6.17. The molecule has 1 aliphatic rings. The third-order valence-electron chi connectivity index (χ3n) is 2.22.